The summed E-state index contributed by atoms with van der Waals surface area (Å²) >= 11 is 3.48. The molecular formula is C17H24BrN3O2. The van der Waals surface area contributed by atoms with Crippen LogP contribution in [-0.2, 0) is 9.59 Å². The Morgan fingerprint density at radius 1 is 1.30 bits per heavy atom. The molecular weight excluding hydrogens is 358 g/mol. The zero-order valence-corrected chi connectivity index (χ0v) is 15.6. The summed E-state index contributed by atoms with van der Waals surface area (Å²) < 4.78 is 0. The third kappa shape index (κ3) is 3.15. The molecule has 2 rings (SSSR count). The molecule has 1 N–H and O–H groups in total. The number of nitrogens with one attached hydrogen (secondary N) is 1. The molecule has 1 aliphatic heterocycles. The smallest absolute Gasteiger partial charge is 0.259 e. The molecule has 1 heterocycles. The Kier molecular flexibility index (Phi) is 5.47. The van der Waals surface area contributed by atoms with Crippen LogP contribution in [-0.4, -0.2) is 34.4 Å². The van der Waals surface area contributed by atoms with Gasteiger partial charge in [-0.05, 0) is 31.9 Å². The number of hydrazine groups is 1. The zero-order chi connectivity index (χ0) is 17.2. The zero-order valence-electron chi connectivity index (χ0n) is 14.0. The van der Waals surface area contributed by atoms with E-state index in [1.807, 2.05) is 58.2 Å². The maximum Gasteiger partial charge on any atom is 0.259 e. The number of alkyl halides is 1. The maximum absolute atomic E-state index is 12.7. The van der Waals surface area contributed by atoms with Crippen molar-refractivity contribution in [3.63, 3.8) is 0 Å². The minimum absolute atomic E-state index is 0.0171. The van der Waals surface area contributed by atoms with Gasteiger partial charge in [0.1, 0.15) is 10.5 Å². The van der Waals surface area contributed by atoms with Crippen molar-refractivity contribution in [3.05, 3.63) is 30.3 Å². The van der Waals surface area contributed by atoms with Gasteiger partial charge in [0.25, 0.3) is 5.91 Å². The molecule has 0 saturated carbocycles. The van der Waals surface area contributed by atoms with Crippen molar-refractivity contribution in [3.8, 4) is 0 Å². The molecule has 0 aliphatic carbocycles. The van der Waals surface area contributed by atoms with Crippen LogP contribution in [0.1, 0.15) is 33.6 Å². The summed E-state index contributed by atoms with van der Waals surface area (Å²) in [7, 11) is 1.82. The first-order valence-electron chi connectivity index (χ1n) is 7.95. The Morgan fingerprint density at radius 2 is 1.87 bits per heavy atom. The fourth-order valence-corrected chi connectivity index (χ4v) is 3.50. The molecule has 23 heavy (non-hydrogen) atoms. The van der Waals surface area contributed by atoms with Crippen LogP contribution >= 0.6 is 15.9 Å². The first-order valence-corrected chi connectivity index (χ1v) is 8.87. The molecule has 2 atom stereocenters. The van der Waals surface area contributed by atoms with Gasteiger partial charge in [-0.2, -0.15) is 5.01 Å². The van der Waals surface area contributed by atoms with Gasteiger partial charge in [-0.3, -0.25) is 9.59 Å². The molecule has 0 radical (unpaired) electrons. The second kappa shape index (κ2) is 7.01. The predicted octanol–water partition coefficient (Wildman–Crippen LogP) is 2.91. The lowest BCUT2D eigenvalue weighted by atomic mass is 10.0. The molecule has 6 heteroatoms. The highest BCUT2D eigenvalue weighted by Crippen LogP contribution is 2.36. The number of anilines is 1. The summed E-state index contributed by atoms with van der Waals surface area (Å²) in [6.07, 6.45) is 1.57. The highest BCUT2D eigenvalue weighted by Gasteiger charge is 2.54. The second-order valence-electron chi connectivity index (χ2n) is 6.02. The van der Waals surface area contributed by atoms with Crippen molar-refractivity contribution in [2.75, 3.05) is 12.1 Å². The van der Waals surface area contributed by atoms with Crippen molar-refractivity contribution in [2.24, 2.45) is 5.92 Å². The molecule has 126 valence electrons. The summed E-state index contributed by atoms with van der Waals surface area (Å²) in [4.78, 5) is 24.7. The molecule has 1 aromatic carbocycles. The predicted molar refractivity (Wildman–Crippen MR) is 95.0 cm³/mol. The summed E-state index contributed by atoms with van der Waals surface area (Å²) in [5.41, 5.74) is -0.0305. The first kappa shape index (κ1) is 17.9. The Bertz CT molecular complexity index is 576. The SMILES string of the molecule is CCC(CC)C(=O)NC1(C)C(Br)C(=O)N(c2ccccc2)N1C. The monoisotopic (exact) mass is 381 g/mol. The highest BCUT2D eigenvalue weighted by atomic mass is 79.9. The number of rotatable bonds is 5. The van der Waals surface area contributed by atoms with Crippen molar-refractivity contribution >= 4 is 33.4 Å². The minimum Gasteiger partial charge on any atom is -0.335 e. The van der Waals surface area contributed by atoms with E-state index in [0.29, 0.717) is 0 Å². The molecule has 0 aromatic heterocycles. The number of nitrogens with zero attached hydrogens (tertiary/aromatic N) is 2. The molecule has 5 nitrogen and oxygen atoms in total. The Morgan fingerprint density at radius 3 is 2.39 bits per heavy atom. The Balaban J connectivity index is 2.29. The van der Waals surface area contributed by atoms with Crippen LogP contribution in [0.3, 0.4) is 0 Å². The van der Waals surface area contributed by atoms with Crippen molar-refractivity contribution in [1.29, 1.82) is 0 Å². The van der Waals surface area contributed by atoms with Crippen LogP contribution in [0.15, 0.2) is 30.3 Å². The van der Waals surface area contributed by atoms with E-state index in [1.54, 1.807) is 10.0 Å². The molecule has 1 saturated heterocycles. The average Bonchev–Trinajstić information content (AvgIpc) is 2.70. The number of benzene rings is 1. The molecule has 1 aromatic rings. The van der Waals surface area contributed by atoms with Gasteiger partial charge in [0.2, 0.25) is 5.91 Å². The van der Waals surface area contributed by atoms with Crippen LogP contribution < -0.4 is 10.3 Å². The highest BCUT2D eigenvalue weighted by molar-refractivity contribution is 9.10. The largest absolute Gasteiger partial charge is 0.335 e. The van der Waals surface area contributed by atoms with Gasteiger partial charge in [-0.15, -0.1) is 0 Å². The number of carbonyl (C=O) groups is 2. The molecule has 0 spiro atoms. The van der Waals surface area contributed by atoms with E-state index in [1.165, 1.54) is 0 Å². The standard InChI is InChI=1S/C17H24BrN3O2/c1-5-12(6-2)15(22)19-17(3)14(18)16(23)21(20(17)4)13-10-8-7-9-11-13/h7-12,14H,5-6H2,1-4H3,(H,19,22). The number of para-hydroxylation sites is 1. The van der Waals surface area contributed by atoms with E-state index >= 15 is 0 Å². The third-order valence-corrected chi connectivity index (χ3v) is 5.91. The third-order valence-electron chi connectivity index (χ3n) is 4.62. The van der Waals surface area contributed by atoms with E-state index in [2.05, 4.69) is 21.2 Å². The van der Waals surface area contributed by atoms with E-state index < -0.39 is 10.5 Å². The van der Waals surface area contributed by atoms with Crippen LogP contribution in [0.5, 0.6) is 0 Å². The molecule has 1 aliphatic rings. The lowest BCUT2D eigenvalue weighted by Crippen LogP contribution is -2.61. The van der Waals surface area contributed by atoms with Gasteiger partial charge < -0.3 is 5.32 Å². The lowest BCUT2D eigenvalue weighted by Gasteiger charge is -2.37. The summed E-state index contributed by atoms with van der Waals surface area (Å²) in [6.45, 7) is 5.87. The maximum atomic E-state index is 12.7. The molecule has 0 bridgehead atoms. The summed E-state index contributed by atoms with van der Waals surface area (Å²) in [5.74, 6) is -0.150. The van der Waals surface area contributed by atoms with E-state index in [0.717, 1.165) is 18.5 Å². The lowest BCUT2D eigenvalue weighted by molar-refractivity contribution is -0.128. The minimum atomic E-state index is -0.813. The molecule has 1 fully saturated rings. The first-order chi connectivity index (χ1) is 10.9. The van der Waals surface area contributed by atoms with Crippen LogP contribution in [0.2, 0.25) is 0 Å². The fraction of sp³-hybridized carbons (Fsp3) is 0.529. The van der Waals surface area contributed by atoms with Crippen LogP contribution in [0.25, 0.3) is 0 Å². The van der Waals surface area contributed by atoms with Crippen molar-refractivity contribution < 1.29 is 9.59 Å². The summed E-state index contributed by atoms with van der Waals surface area (Å²) in [6, 6.07) is 9.44. The average molecular weight is 382 g/mol. The quantitative estimate of drug-likeness (QED) is 0.797. The fourth-order valence-electron chi connectivity index (χ4n) is 2.89. The Labute approximate surface area is 146 Å². The van der Waals surface area contributed by atoms with E-state index in [-0.39, 0.29) is 17.7 Å². The molecule has 2 unspecified atom stereocenters. The van der Waals surface area contributed by atoms with Gasteiger partial charge in [-0.1, -0.05) is 48.0 Å². The second-order valence-corrected chi connectivity index (χ2v) is 6.94. The van der Waals surface area contributed by atoms with Gasteiger partial charge in [0.05, 0.1) is 5.69 Å². The van der Waals surface area contributed by atoms with Gasteiger partial charge in [0, 0.05) is 13.0 Å². The number of hydrogen-bond acceptors (Lipinski definition) is 3. The normalized spacial score (nSPS) is 25.2. The van der Waals surface area contributed by atoms with Crippen LogP contribution in [0, 0.1) is 5.92 Å². The van der Waals surface area contributed by atoms with Gasteiger partial charge in [-0.25, -0.2) is 5.01 Å². The van der Waals surface area contributed by atoms with Crippen LogP contribution in [0.4, 0.5) is 5.69 Å². The molecule has 2 amide bonds. The van der Waals surface area contributed by atoms with E-state index in [4.69, 9.17) is 0 Å². The van der Waals surface area contributed by atoms with Crippen molar-refractivity contribution in [1.82, 2.24) is 10.3 Å². The topological polar surface area (TPSA) is 52.7 Å². The van der Waals surface area contributed by atoms with E-state index in [9.17, 15) is 9.59 Å². The number of hydrogen-bond donors (Lipinski definition) is 1. The summed E-state index contributed by atoms with van der Waals surface area (Å²) in [5, 5.41) is 6.46. The van der Waals surface area contributed by atoms with Gasteiger partial charge >= 0.3 is 0 Å². The van der Waals surface area contributed by atoms with Gasteiger partial charge in [0.15, 0.2) is 0 Å². The van der Waals surface area contributed by atoms with Crippen molar-refractivity contribution in [2.45, 2.75) is 44.1 Å². The number of amides is 2. The Hall–Kier alpha value is -1.40. The number of carbonyl (C=O) groups excluding carboxylic acids is 2. The number of halogens is 1.